The summed E-state index contributed by atoms with van der Waals surface area (Å²) in [5.74, 6) is -2.55. The van der Waals surface area contributed by atoms with Crippen LogP contribution in [-0.2, 0) is 12.7 Å². The van der Waals surface area contributed by atoms with Gasteiger partial charge in [-0.25, -0.2) is 0 Å². The predicted octanol–water partition coefficient (Wildman–Crippen LogP) is 4.28. The maximum atomic E-state index is 14.0. The van der Waals surface area contributed by atoms with Gasteiger partial charge in [0.2, 0.25) is 11.2 Å². The molecule has 0 aliphatic carbocycles. The van der Waals surface area contributed by atoms with Crippen LogP contribution in [0.15, 0.2) is 45.6 Å². The number of phenols is 1. The zero-order valence-electron chi connectivity index (χ0n) is 18.1. The number of aromatic hydroxyl groups is 1. The first-order valence-electron chi connectivity index (χ1n) is 10.9. The van der Waals surface area contributed by atoms with Crippen LogP contribution in [0.4, 0.5) is 13.2 Å². The molecule has 3 aromatic rings. The predicted molar refractivity (Wildman–Crippen MR) is 115 cm³/mol. The summed E-state index contributed by atoms with van der Waals surface area (Å²) in [7, 11) is 0. The Bertz CT molecular complexity index is 1200. The molecule has 0 amide bonds. The van der Waals surface area contributed by atoms with E-state index < -0.39 is 23.1 Å². The number of benzene rings is 2. The van der Waals surface area contributed by atoms with Crippen molar-refractivity contribution in [3.8, 4) is 23.0 Å². The number of hydrogen-bond acceptors (Lipinski definition) is 5. The van der Waals surface area contributed by atoms with E-state index in [1.165, 1.54) is 24.3 Å². The number of phenolic OH excluding ortho intramolecular Hbond substituents is 1. The van der Waals surface area contributed by atoms with E-state index in [0.717, 1.165) is 37.3 Å². The molecule has 0 unspecified atom stereocenters. The molecule has 1 fully saturated rings. The van der Waals surface area contributed by atoms with Gasteiger partial charge in [-0.15, -0.1) is 0 Å². The Hall–Kier alpha value is -3.20. The topological polar surface area (TPSA) is 73.3 Å². The molecule has 0 bridgehead atoms. The molecule has 33 heavy (non-hydrogen) atoms. The average molecular weight is 464 g/mol. The van der Waals surface area contributed by atoms with Crippen LogP contribution in [0.5, 0.6) is 23.0 Å². The monoisotopic (exact) mass is 464 g/mol. The zero-order valence-corrected chi connectivity index (χ0v) is 18.1. The highest BCUT2D eigenvalue weighted by atomic mass is 19.4. The van der Waals surface area contributed by atoms with Crippen molar-refractivity contribution in [3.63, 3.8) is 0 Å². The van der Waals surface area contributed by atoms with Gasteiger partial charge in [0, 0.05) is 0 Å². The number of likely N-dealkylation sites (tertiary alicyclic amines) is 1. The normalized spacial score (nSPS) is 15.0. The van der Waals surface area contributed by atoms with Crippen molar-refractivity contribution in [2.45, 2.75) is 38.9 Å². The molecule has 0 spiro atoms. The highest BCUT2D eigenvalue weighted by Gasteiger charge is 2.41. The van der Waals surface area contributed by atoms with Crippen LogP contribution in [0.2, 0.25) is 0 Å². The highest BCUT2D eigenvalue weighted by molar-refractivity contribution is 5.83. The maximum Gasteiger partial charge on any atom is 0.453 e. The van der Waals surface area contributed by atoms with Crippen LogP contribution < -0.4 is 19.8 Å². The van der Waals surface area contributed by atoms with Gasteiger partial charge in [-0.05, 0) is 50.5 Å². The Morgan fingerprint density at radius 1 is 1.06 bits per heavy atom. The molecule has 6 nitrogen and oxygen atoms in total. The van der Waals surface area contributed by atoms with E-state index in [2.05, 4.69) is 0 Å². The molecular formula is C24H25F3NO5+. The Labute approximate surface area is 188 Å². The van der Waals surface area contributed by atoms with Crippen molar-refractivity contribution in [2.75, 3.05) is 19.7 Å². The van der Waals surface area contributed by atoms with E-state index in [9.17, 15) is 23.1 Å². The number of halogens is 3. The minimum Gasteiger partial charge on any atom is -0.507 e. The lowest BCUT2D eigenvalue weighted by molar-refractivity contribution is -0.918. The second kappa shape index (κ2) is 9.35. The number of para-hydroxylation sites is 2. The number of alkyl halides is 3. The molecule has 0 atom stereocenters. The van der Waals surface area contributed by atoms with Gasteiger partial charge in [0.25, 0.3) is 5.76 Å². The minimum atomic E-state index is -5.00. The second-order valence-electron chi connectivity index (χ2n) is 8.00. The summed E-state index contributed by atoms with van der Waals surface area (Å²) in [6.07, 6.45) is -1.90. The van der Waals surface area contributed by atoms with Crippen LogP contribution in [0.3, 0.4) is 0 Å². The van der Waals surface area contributed by atoms with Gasteiger partial charge in [0.15, 0.2) is 17.1 Å². The minimum absolute atomic E-state index is 0.0340. The lowest BCUT2D eigenvalue weighted by Gasteiger charge is -2.24. The summed E-state index contributed by atoms with van der Waals surface area (Å²) < 4.78 is 58.1. The van der Waals surface area contributed by atoms with Gasteiger partial charge in [-0.2, -0.15) is 13.2 Å². The van der Waals surface area contributed by atoms with Crippen molar-refractivity contribution in [2.24, 2.45) is 0 Å². The summed E-state index contributed by atoms with van der Waals surface area (Å²) in [5, 5.41) is 10.3. The molecule has 1 saturated heterocycles. The zero-order chi connectivity index (χ0) is 23.6. The van der Waals surface area contributed by atoms with E-state index >= 15 is 0 Å². The SMILES string of the molecule is CCOc1ccccc1Oc1c(C(F)(F)F)oc2c(C[NH+]3CCCCC3)c(O)ccc2c1=O. The number of ether oxygens (including phenoxy) is 2. The van der Waals surface area contributed by atoms with Crippen LogP contribution >= 0.6 is 0 Å². The third-order valence-corrected chi connectivity index (χ3v) is 5.70. The van der Waals surface area contributed by atoms with Gasteiger partial charge >= 0.3 is 6.18 Å². The number of rotatable bonds is 6. The third-order valence-electron chi connectivity index (χ3n) is 5.70. The highest BCUT2D eigenvalue weighted by Crippen LogP contribution is 2.41. The van der Waals surface area contributed by atoms with Crippen molar-refractivity contribution in [1.82, 2.24) is 0 Å². The van der Waals surface area contributed by atoms with Crippen molar-refractivity contribution < 1.29 is 37.1 Å². The molecule has 1 aliphatic heterocycles. The number of piperidine rings is 1. The number of quaternary nitrogens is 1. The Kier molecular flexibility index (Phi) is 6.51. The lowest BCUT2D eigenvalue weighted by Crippen LogP contribution is -3.11. The van der Waals surface area contributed by atoms with Crippen LogP contribution in [0.1, 0.15) is 37.5 Å². The average Bonchev–Trinajstić information content (AvgIpc) is 2.78. The van der Waals surface area contributed by atoms with Crippen LogP contribution in [0, 0.1) is 0 Å². The molecule has 2 aromatic carbocycles. The fourth-order valence-electron chi connectivity index (χ4n) is 4.13. The van der Waals surface area contributed by atoms with E-state index in [1.807, 2.05) is 0 Å². The summed E-state index contributed by atoms with van der Waals surface area (Å²) >= 11 is 0. The van der Waals surface area contributed by atoms with Crippen molar-refractivity contribution in [1.29, 1.82) is 0 Å². The van der Waals surface area contributed by atoms with Crippen LogP contribution in [0.25, 0.3) is 11.0 Å². The fraction of sp³-hybridized carbons (Fsp3) is 0.375. The van der Waals surface area contributed by atoms with Gasteiger partial charge in [0.05, 0.1) is 30.6 Å². The third kappa shape index (κ3) is 4.78. The van der Waals surface area contributed by atoms with E-state index in [4.69, 9.17) is 13.9 Å². The van der Waals surface area contributed by atoms with Crippen LogP contribution in [-0.4, -0.2) is 24.8 Å². The fourth-order valence-corrected chi connectivity index (χ4v) is 4.13. The largest absolute Gasteiger partial charge is 0.507 e. The molecule has 4 rings (SSSR count). The molecule has 9 heteroatoms. The molecule has 176 valence electrons. The molecular weight excluding hydrogens is 439 g/mol. The van der Waals surface area contributed by atoms with Gasteiger partial charge in [-0.1, -0.05) is 12.1 Å². The van der Waals surface area contributed by atoms with E-state index in [1.54, 1.807) is 19.1 Å². The summed E-state index contributed by atoms with van der Waals surface area (Å²) in [4.78, 5) is 14.3. The van der Waals surface area contributed by atoms with Gasteiger partial charge in [-0.3, -0.25) is 4.79 Å². The molecule has 0 radical (unpaired) electrons. The number of nitrogens with one attached hydrogen (secondary N) is 1. The van der Waals surface area contributed by atoms with E-state index in [-0.39, 0.29) is 46.9 Å². The Balaban J connectivity index is 1.87. The lowest BCUT2D eigenvalue weighted by atomic mass is 10.1. The van der Waals surface area contributed by atoms with E-state index in [0.29, 0.717) is 0 Å². The first-order chi connectivity index (χ1) is 15.8. The molecule has 0 saturated carbocycles. The Morgan fingerprint density at radius 3 is 2.42 bits per heavy atom. The Morgan fingerprint density at radius 2 is 1.76 bits per heavy atom. The number of hydrogen-bond donors (Lipinski definition) is 2. The summed E-state index contributed by atoms with van der Waals surface area (Å²) in [6, 6.07) is 8.72. The van der Waals surface area contributed by atoms with Gasteiger partial charge < -0.3 is 23.9 Å². The maximum absolute atomic E-state index is 14.0. The second-order valence-corrected chi connectivity index (χ2v) is 8.00. The molecule has 2 N–H and O–H groups in total. The van der Waals surface area contributed by atoms with Crippen molar-refractivity contribution in [3.05, 3.63) is 57.9 Å². The summed E-state index contributed by atoms with van der Waals surface area (Å²) in [5.41, 5.74) is -1.05. The number of fused-ring (bicyclic) bond motifs is 1. The molecule has 1 aliphatic rings. The quantitative estimate of drug-likeness (QED) is 0.570. The molecule has 1 aromatic heterocycles. The van der Waals surface area contributed by atoms with Crippen molar-refractivity contribution >= 4 is 11.0 Å². The first-order valence-corrected chi connectivity index (χ1v) is 10.9. The summed E-state index contributed by atoms with van der Waals surface area (Å²) in [6.45, 7) is 3.92. The smallest absolute Gasteiger partial charge is 0.453 e. The van der Waals surface area contributed by atoms with Gasteiger partial charge in [0.1, 0.15) is 12.3 Å². The molecule has 2 heterocycles. The standard InChI is InChI=1S/C24H24F3NO5/c1-2-31-18-8-4-5-9-19(18)32-22-20(30)15-10-11-17(29)16(14-28-12-6-3-7-13-28)21(15)33-23(22)24(25,26)27/h4-5,8-11,29H,2-3,6-7,12-14H2,1H3/p+1. The first kappa shape index (κ1) is 23.0.